The van der Waals surface area contributed by atoms with Crippen molar-refractivity contribution in [2.45, 2.75) is 12.0 Å². The molecular weight excluding hydrogens is 378 g/mol. The topological polar surface area (TPSA) is 60.5 Å². The fourth-order valence-electron chi connectivity index (χ4n) is 3.50. The van der Waals surface area contributed by atoms with Crippen LogP contribution in [0.3, 0.4) is 0 Å². The van der Waals surface area contributed by atoms with Gasteiger partial charge in [0, 0.05) is 18.2 Å². The molecule has 0 bridgehead atoms. The number of amides is 1. The van der Waals surface area contributed by atoms with Gasteiger partial charge in [0.05, 0.1) is 6.61 Å². The molecule has 0 saturated carbocycles. The second-order valence-electron chi connectivity index (χ2n) is 6.59. The molecule has 1 aliphatic heterocycles. The first-order valence-electron chi connectivity index (χ1n) is 9.08. The minimum Gasteiger partial charge on any atom is -0.491 e. The summed E-state index contributed by atoms with van der Waals surface area (Å²) >= 11 is 0. The van der Waals surface area contributed by atoms with E-state index in [-0.39, 0.29) is 5.91 Å². The lowest BCUT2D eigenvalue weighted by Gasteiger charge is -2.39. The summed E-state index contributed by atoms with van der Waals surface area (Å²) in [5.74, 6) is 0.164. The monoisotopic (exact) mass is 396 g/mol. The fraction of sp³-hybridized carbons (Fsp3) is 0.182. The number of carbonyl (C=O) groups excluding carboxylic acids is 1. The lowest BCUT2D eigenvalue weighted by Crippen LogP contribution is -2.50. The summed E-state index contributed by atoms with van der Waals surface area (Å²) in [5, 5.41) is 3.07. The fourth-order valence-corrected chi connectivity index (χ4v) is 3.50. The van der Waals surface area contributed by atoms with E-state index in [0.29, 0.717) is 35.8 Å². The van der Waals surface area contributed by atoms with Crippen molar-refractivity contribution in [3.05, 3.63) is 89.5 Å². The van der Waals surface area contributed by atoms with E-state index in [1.54, 1.807) is 42.6 Å². The van der Waals surface area contributed by atoms with Crippen LogP contribution < -0.4 is 14.8 Å². The molecule has 1 aliphatic rings. The Bertz CT molecular complexity index is 1010. The van der Waals surface area contributed by atoms with Crippen LogP contribution in [-0.2, 0) is 5.54 Å². The van der Waals surface area contributed by atoms with E-state index in [9.17, 15) is 13.6 Å². The van der Waals surface area contributed by atoms with E-state index in [0.717, 1.165) is 5.56 Å². The van der Waals surface area contributed by atoms with Gasteiger partial charge in [-0.25, -0.2) is 8.78 Å². The van der Waals surface area contributed by atoms with Gasteiger partial charge in [-0.2, -0.15) is 0 Å². The van der Waals surface area contributed by atoms with Crippen LogP contribution in [0.5, 0.6) is 11.5 Å². The third-order valence-electron chi connectivity index (χ3n) is 4.91. The third kappa shape index (κ3) is 3.63. The molecule has 0 radical (unpaired) electrons. The van der Waals surface area contributed by atoms with Crippen molar-refractivity contribution >= 4 is 5.91 Å². The zero-order chi connectivity index (χ0) is 20.3. The molecule has 1 N–H and O–H groups in total. The molecule has 1 amide bonds. The van der Waals surface area contributed by atoms with Gasteiger partial charge in [0.25, 0.3) is 5.91 Å². The maximum atomic E-state index is 13.2. The number of alkyl halides is 1. The third-order valence-corrected chi connectivity index (χ3v) is 4.91. The summed E-state index contributed by atoms with van der Waals surface area (Å²) < 4.78 is 36.3. The molecule has 29 heavy (non-hydrogen) atoms. The van der Waals surface area contributed by atoms with Gasteiger partial charge in [-0.15, -0.1) is 0 Å². The number of rotatable bonds is 5. The average Bonchev–Trinajstić information content (AvgIpc) is 2.75. The first-order chi connectivity index (χ1) is 14.1. The molecule has 0 fully saturated rings. The number of nitrogens with one attached hydrogen (secondary N) is 1. The standard InChI is InChI=1S/C22H18F2N2O3/c23-14-29-18-9-5-16(6-10-18)22(11-13-28-19-2-1-12-25-20(19)22)26-21(27)15-3-7-17(24)8-4-15/h1-10,12H,11,13-14H2,(H,26,27). The molecular formula is C22H18F2N2O3. The second-order valence-corrected chi connectivity index (χ2v) is 6.59. The summed E-state index contributed by atoms with van der Waals surface area (Å²) in [6.07, 6.45) is 2.07. The van der Waals surface area contributed by atoms with Crippen LogP contribution in [0.4, 0.5) is 8.78 Å². The van der Waals surface area contributed by atoms with Crippen LogP contribution in [0, 0.1) is 5.82 Å². The van der Waals surface area contributed by atoms with Crippen molar-refractivity contribution in [2.24, 2.45) is 0 Å². The maximum Gasteiger partial charge on any atom is 0.252 e. The van der Waals surface area contributed by atoms with E-state index in [1.165, 1.54) is 24.3 Å². The van der Waals surface area contributed by atoms with E-state index >= 15 is 0 Å². The van der Waals surface area contributed by atoms with Crippen LogP contribution in [0.2, 0.25) is 0 Å². The van der Waals surface area contributed by atoms with Gasteiger partial charge in [-0.3, -0.25) is 9.78 Å². The lowest BCUT2D eigenvalue weighted by molar-refractivity contribution is 0.0883. The summed E-state index contributed by atoms with van der Waals surface area (Å²) in [6, 6.07) is 15.7. The van der Waals surface area contributed by atoms with Crippen molar-refractivity contribution in [1.82, 2.24) is 10.3 Å². The molecule has 0 aliphatic carbocycles. The molecule has 1 atom stereocenters. The Hall–Kier alpha value is -3.48. The molecule has 1 unspecified atom stereocenters. The highest BCUT2D eigenvalue weighted by Gasteiger charge is 2.42. The van der Waals surface area contributed by atoms with Crippen molar-refractivity contribution < 1.29 is 23.0 Å². The van der Waals surface area contributed by atoms with Gasteiger partial charge in [-0.05, 0) is 54.1 Å². The molecule has 3 aromatic rings. The molecule has 148 valence electrons. The predicted octanol–water partition coefficient (Wildman–Crippen LogP) is 3.98. The van der Waals surface area contributed by atoms with Crippen molar-refractivity contribution in [2.75, 3.05) is 13.5 Å². The molecule has 2 aromatic carbocycles. The Kier molecular flexibility index (Phi) is 5.12. The number of fused-ring (bicyclic) bond motifs is 1. The number of nitrogens with zero attached hydrogens (tertiary/aromatic N) is 1. The minimum atomic E-state index is -0.964. The Balaban J connectivity index is 1.78. The van der Waals surface area contributed by atoms with E-state index in [2.05, 4.69) is 10.3 Å². The summed E-state index contributed by atoms with van der Waals surface area (Å²) in [7, 11) is 0. The van der Waals surface area contributed by atoms with E-state index in [4.69, 9.17) is 9.47 Å². The molecule has 0 spiro atoms. The van der Waals surface area contributed by atoms with Crippen LogP contribution >= 0.6 is 0 Å². The normalized spacial score (nSPS) is 17.7. The highest BCUT2D eigenvalue weighted by atomic mass is 19.1. The molecule has 4 rings (SSSR count). The minimum absolute atomic E-state index is 0.326. The Morgan fingerprint density at radius 2 is 1.90 bits per heavy atom. The van der Waals surface area contributed by atoms with Crippen LogP contribution in [0.1, 0.15) is 28.0 Å². The number of ether oxygens (including phenoxy) is 2. The quantitative estimate of drug-likeness (QED) is 0.709. The van der Waals surface area contributed by atoms with Gasteiger partial charge in [0.2, 0.25) is 6.86 Å². The number of halogens is 2. The van der Waals surface area contributed by atoms with Gasteiger partial charge in [0.15, 0.2) is 0 Å². The van der Waals surface area contributed by atoms with Gasteiger partial charge < -0.3 is 14.8 Å². The second kappa shape index (κ2) is 7.87. The first kappa shape index (κ1) is 18.9. The van der Waals surface area contributed by atoms with Crippen LogP contribution in [0.25, 0.3) is 0 Å². The molecule has 1 aromatic heterocycles. The van der Waals surface area contributed by atoms with Crippen molar-refractivity contribution in [1.29, 1.82) is 0 Å². The van der Waals surface area contributed by atoms with E-state index in [1.807, 2.05) is 0 Å². The van der Waals surface area contributed by atoms with Crippen molar-refractivity contribution in [3.63, 3.8) is 0 Å². The highest BCUT2D eigenvalue weighted by molar-refractivity contribution is 5.95. The summed E-state index contributed by atoms with van der Waals surface area (Å²) in [6.45, 7) is -0.560. The van der Waals surface area contributed by atoms with Crippen LogP contribution in [-0.4, -0.2) is 24.4 Å². The SMILES string of the molecule is O=C(NC1(c2ccc(OCF)cc2)CCOc2cccnc21)c1ccc(F)cc1. The van der Waals surface area contributed by atoms with Gasteiger partial charge >= 0.3 is 0 Å². The number of aromatic nitrogens is 1. The first-order valence-corrected chi connectivity index (χ1v) is 9.08. The predicted molar refractivity (Wildman–Crippen MR) is 102 cm³/mol. The van der Waals surface area contributed by atoms with Crippen LogP contribution in [0.15, 0.2) is 66.9 Å². The highest BCUT2D eigenvalue weighted by Crippen LogP contribution is 2.41. The smallest absolute Gasteiger partial charge is 0.252 e. The Morgan fingerprint density at radius 3 is 2.62 bits per heavy atom. The summed E-state index contributed by atoms with van der Waals surface area (Å²) in [4.78, 5) is 17.5. The zero-order valence-corrected chi connectivity index (χ0v) is 15.4. The molecule has 5 nitrogen and oxygen atoms in total. The zero-order valence-electron chi connectivity index (χ0n) is 15.4. The summed E-state index contributed by atoms with van der Waals surface area (Å²) in [5.41, 5.74) is 0.685. The Morgan fingerprint density at radius 1 is 1.14 bits per heavy atom. The molecule has 2 heterocycles. The lowest BCUT2D eigenvalue weighted by atomic mass is 9.81. The van der Waals surface area contributed by atoms with E-state index < -0.39 is 18.2 Å². The number of hydrogen-bond acceptors (Lipinski definition) is 4. The van der Waals surface area contributed by atoms with Gasteiger partial charge in [0.1, 0.15) is 28.5 Å². The largest absolute Gasteiger partial charge is 0.491 e. The number of benzene rings is 2. The molecule has 0 saturated heterocycles. The van der Waals surface area contributed by atoms with Crippen molar-refractivity contribution in [3.8, 4) is 11.5 Å². The van der Waals surface area contributed by atoms with Gasteiger partial charge in [-0.1, -0.05) is 12.1 Å². The number of pyridine rings is 1. The number of carbonyl (C=O) groups is 1. The number of hydrogen-bond donors (Lipinski definition) is 1. The molecule has 7 heteroatoms. The Labute approximate surface area is 166 Å². The average molecular weight is 396 g/mol. The maximum absolute atomic E-state index is 13.2.